The van der Waals surface area contributed by atoms with Crippen LogP contribution in [-0.2, 0) is 16.0 Å². The van der Waals surface area contributed by atoms with E-state index in [0.717, 1.165) is 37.7 Å². The highest BCUT2D eigenvalue weighted by Crippen LogP contribution is 2.24. The average Bonchev–Trinajstić information content (AvgIpc) is 2.43. The zero-order valence-electron chi connectivity index (χ0n) is 12.6. The van der Waals surface area contributed by atoms with Gasteiger partial charge in [0, 0.05) is 12.0 Å². The highest BCUT2D eigenvalue weighted by atomic mass is 16.5. The predicted molar refractivity (Wildman–Crippen MR) is 83.3 cm³/mol. The molecule has 0 amide bonds. The van der Waals surface area contributed by atoms with Crippen LogP contribution in [0.5, 0.6) is 0 Å². The summed E-state index contributed by atoms with van der Waals surface area (Å²) in [7, 11) is 0. The maximum Gasteiger partial charge on any atom is 0.306 e. The number of carbonyl (C=O) groups excluding carboxylic acids is 1. The van der Waals surface area contributed by atoms with Crippen LogP contribution in [0.1, 0.15) is 50.2 Å². The highest BCUT2D eigenvalue weighted by molar-refractivity contribution is 5.94. The van der Waals surface area contributed by atoms with Crippen molar-refractivity contribution >= 4 is 11.8 Å². The first kappa shape index (κ1) is 15.5. The van der Waals surface area contributed by atoms with Crippen LogP contribution >= 0.6 is 0 Å². The van der Waals surface area contributed by atoms with Gasteiger partial charge in [-0.2, -0.15) is 0 Å². The number of amidine groups is 1. The molecule has 1 aliphatic heterocycles. The van der Waals surface area contributed by atoms with E-state index in [2.05, 4.69) is 6.92 Å². The fraction of sp³-hybridized carbons (Fsp3) is 0.529. The van der Waals surface area contributed by atoms with E-state index in [-0.39, 0.29) is 17.9 Å². The van der Waals surface area contributed by atoms with E-state index in [0.29, 0.717) is 12.3 Å². The third-order valence-corrected chi connectivity index (χ3v) is 3.98. The zero-order chi connectivity index (χ0) is 15.2. The lowest BCUT2D eigenvalue weighted by Gasteiger charge is -2.26. The molecule has 0 saturated carbocycles. The Kier molecular flexibility index (Phi) is 5.37. The minimum atomic E-state index is -0.0430. The summed E-state index contributed by atoms with van der Waals surface area (Å²) in [5.41, 5.74) is 7.46. The molecule has 4 heteroatoms. The molecular formula is C17H24N2O2. The van der Waals surface area contributed by atoms with Gasteiger partial charge in [0.25, 0.3) is 0 Å². The third-order valence-electron chi connectivity index (χ3n) is 3.98. The van der Waals surface area contributed by atoms with Gasteiger partial charge in [-0.05, 0) is 43.6 Å². The normalized spacial score (nSPS) is 21.9. The molecular weight excluding hydrogens is 264 g/mol. The van der Waals surface area contributed by atoms with E-state index in [4.69, 9.17) is 15.9 Å². The number of esters is 1. The van der Waals surface area contributed by atoms with Crippen molar-refractivity contribution in [1.82, 2.24) is 0 Å². The summed E-state index contributed by atoms with van der Waals surface area (Å²) >= 11 is 0. The first-order valence-electron chi connectivity index (χ1n) is 7.67. The minimum absolute atomic E-state index is 0.0430. The van der Waals surface area contributed by atoms with E-state index < -0.39 is 0 Å². The second-order valence-electron chi connectivity index (χ2n) is 6.01. The van der Waals surface area contributed by atoms with Gasteiger partial charge in [-0.15, -0.1) is 0 Å². The van der Waals surface area contributed by atoms with Crippen molar-refractivity contribution in [2.45, 2.75) is 51.6 Å². The van der Waals surface area contributed by atoms with Crippen LogP contribution in [0.15, 0.2) is 24.3 Å². The first-order valence-corrected chi connectivity index (χ1v) is 7.67. The van der Waals surface area contributed by atoms with Gasteiger partial charge in [-0.3, -0.25) is 10.2 Å². The number of benzene rings is 1. The number of hydrogen-bond acceptors (Lipinski definition) is 3. The van der Waals surface area contributed by atoms with Gasteiger partial charge < -0.3 is 10.5 Å². The molecule has 4 nitrogen and oxygen atoms in total. The number of nitrogens with one attached hydrogen (secondary N) is 1. The van der Waals surface area contributed by atoms with E-state index >= 15 is 0 Å². The van der Waals surface area contributed by atoms with Crippen LogP contribution < -0.4 is 5.73 Å². The topological polar surface area (TPSA) is 76.2 Å². The molecule has 2 rings (SSSR count). The number of aryl methyl sites for hydroxylation is 1. The molecule has 1 aliphatic rings. The summed E-state index contributed by atoms with van der Waals surface area (Å²) in [5, 5.41) is 7.36. The molecule has 1 fully saturated rings. The summed E-state index contributed by atoms with van der Waals surface area (Å²) in [5.74, 6) is 0.517. The first-order chi connectivity index (χ1) is 10.0. The van der Waals surface area contributed by atoms with Crippen molar-refractivity contribution in [1.29, 1.82) is 5.41 Å². The SMILES string of the molecule is C[C@@H]1CC(=O)O[C@H](CCCCc2ccc(C(=N)N)cc2)C1. The Bertz CT molecular complexity index is 496. The van der Waals surface area contributed by atoms with Crippen molar-refractivity contribution in [3.05, 3.63) is 35.4 Å². The van der Waals surface area contributed by atoms with Crippen LogP contribution in [0, 0.1) is 11.3 Å². The van der Waals surface area contributed by atoms with Gasteiger partial charge in [-0.1, -0.05) is 31.2 Å². The van der Waals surface area contributed by atoms with Crippen LogP contribution in [-0.4, -0.2) is 17.9 Å². The van der Waals surface area contributed by atoms with Crippen molar-refractivity contribution < 1.29 is 9.53 Å². The molecule has 21 heavy (non-hydrogen) atoms. The number of nitrogens with two attached hydrogens (primary N) is 1. The van der Waals surface area contributed by atoms with Crippen LogP contribution in [0.2, 0.25) is 0 Å². The molecule has 1 saturated heterocycles. The number of unbranched alkanes of at least 4 members (excludes halogenated alkanes) is 1. The Labute approximate surface area is 126 Å². The van der Waals surface area contributed by atoms with Gasteiger partial charge in [0.2, 0.25) is 0 Å². The lowest BCUT2D eigenvalue weighted by molar-refractivity contribution is -0.156. The second-order valence-corrected chi connectivity index (χ2v) is 6.01. The molecule has 1 aromatic carbocycles. The predicted octanol–water partition coefficient (Wildman–Crippen LogP) is 3.03. The van der Waals surface area contributed by atoms with Crippen molar-refractivity contribution in [2.24, 2.45) is 11.7 Å². The smallest absolute Gasteiger partial charge is 0.306 e. The number of nitrogen functional groups attached to an aromatic ring is 1. The van der Waals surface area contributed by atoms with E-state index in [1.54, 1.807) is 0 Å². The molecule has 0 unspecified atom stereocenters. The maximum absolute atomic E-state index is 11.4. The molecule has 0 aromatic heterocycles. The van der Waals surface area contributed by atoms with E-state index in [9.17, 15) is 4.79 Å². The van der Waals surface area contributed by atoms with Crippen molar-refractivity contribution in [2.75, 3.05) is 0 Å². The zero-order valence-corrected chi connectivity index (χ0v) is 12.6. The molecule has 0 spiro atoms. The van der Waals surface area contributed by atoms with Gasteiger partial charge in [0.1, 0.15) is 11.9 Å². The third kappa shape index (κ3) is 4.88. The Morgan fingerprint density at radius 3 is 2.67 bits per heavy atom. The van der Waals surface area contributed by atoms with Crippen molar-refractivity contribution in [3.8, 4) is 0 Å². The largest absolute Gasteiger partial charge is 0.462 e. The van der Waals surface area contributed by atoms with E-state index in [1.807, 2.05) is 24.3 Å². The molecule has 1 heterocycles. The summed E-state index contributed by atoms with van der Waals surface area (Å²) in [6.45, 7) is 2.12. The minimum Gasteiger partial charge on any atom is -0.462 e. The van der Waals surface area contributed by atoms with Gasteiger partial charge in [0.05, 0.1) is 0 Å². The van der Waals surface area contributed by atoms with Crippen LogP contribution in [0.4, 0.5) is 0 Å². The Balaban J connectivity index is 1.69. The Hall–Kier alpha value is -1.84. The Morgan fingerprint density at radius 1 is 1.33 bits per heavy atom. The molecule has 3 N–H and O–H groups in total. The quantitative estimate of drug-likeness (QED) is 0.365. The molecule has 0 radical (unpaired) electrons. The standard InChI is InChI=1S/C17H24N2O2/c1-12-10-15(21-16(20)11-12)5-3-2-4-13-6-8-14(9-7-13)17(18)19/h6-9,12,15H,2-5,10-11H2,1H3,(H3,18,19)/t12-,15+/m0/s1. The van der Waals surface area contributed by atoms with Gasteiger partial charge in [0.15, 0.2) is 0 Å². The molecule has 0 bridgehead atoms. The average molecular weight is 288 g/mol. The molecule has 1 aromatic rings. The van der Waals surface area contributed by atoms with Crippen LogP contribution in [0.25, 0.3) is 0 Å². The number of cyclic esters (lactones) is 1. The second kappa shape index (κ2) is 7.25. The van der Waals surface area contributed by atoms with Crippen LogP contribution in [0.3, 0.4) is 0 Å². The number of hydrogen-bond donors (Lipinski definition) is 2. The van der Waals surface area contributed by atoms with Crippen molar-refractivity contribution in [3.63, 3.8) is 0 Å². The number of carbonyl (C=O) groups is 1. The van der Waals surface area contributed by atoms with Gasteiger partial charge in [-0.25, -0.2) is 0 Å². The van der Waals surface area contributed by atoms with Gasteiger partial charge >= 0.3 is 5.97 Å². The molecule has 114 valence electrons. The summed E-state index contributed by atoms with van der Waals surface area (Å²) < 4.78 is 5.37. The highest BCUT2D eigenvalue weighted by Gasteiger charge is 2.25. The fourth-order valence-corrected chi connectivity index (χ4v) is 2.83. The summed E-state index contributed by atoms with van der Waals surface area (Å²) in [4.78, 5) is 11.4. The monoisotopic (exact) mass is 288 g/mol. The number of rotatable bonds is 6. The fourth-order valence-electron chi connectivity index (χ4n) is 2.83. The lowest BCUT2D eigenvalue weighted by atomic mass is 9.94. The summed E-state index contributed by atoms with van der Waals surface area (Å²) in [6, 6.07) is 7.84. The number of ether oxygens (including phenoxy) is 1. The Morgan fingerprint density at radius 2 is 2.05 bits per heavy atom. The summed E-state index contributed by atoms with van der Waals surface area (Å²) in [6.07, 6.45) is 5.80. The van der Waals surface area contributed by atoms with E-state index in [1.165, 1.54) is 5.56 Å². The maximum atomic E-state index is 11.4. The molecule has 0 aliphatic carbocycles. The lowest BCUT2D eigenvalue weighted by Crippen LogP contribution is -2.28. The molecule has 2 atom stereocenters.